The normalized spacial score (nSPS) is 15.7. The molecule has 9 nitrogen and oxygen atoms in total. The molecule has 1 N–H and O–H groups in total. The number of carbonyl (C=O) groups excluding carboxylic acids is 2. The Morgan fingerprint density at radius 3 is 2.55 bits per heavy atom. The number of hydrogen-bond donors (Lipinski definition) is 1. The van der Waals surface area contributed by atoms with Crippen LogP contribution in [0.5, 0.6) is 11.5 Å². The molecule has 1 atom stereocenters. The van der Waals surface area contributed by atoms with Gasteiger partial charge in [0.1, 0.15) is 12.4 Å². The van der Waals surface area contributed by atoms with Crippen molar-refractivity contribution in [1.82, 2.24) is 25.0 Å². The van der Waals surface area contributed by atoms with Gasteiger partial charge >= 0.3 is 0 Å². The van der Waals surface area contributed by atoms with Crippen LogP contribution < -0.4 is 14.8 Å². The molecule has 1 aromatic carbocycles. The van der Waals surface area contributed by atoms with Gasteiger partial charge in [0.2, 0.25) is 5.91 Å². The second-order valence-corrected chi connectivity index (χ2v) is 7.18. The van der Waals surface area contributed by atoms with E-state index in [-0.39, 0.29) is 24.0 Å². The van der Waals surface area contributed by atoms with Gasteiger partial charge in [0.15, 0.2) is 17.3 Å². The fourth-order valence-electron chi connectivity index (χ4n) is 3.41. The number of aryl methyl sites for hydroxylation is 1. The first kappa shape index (κ1) is 20.6. The number of carbonyl (C=O) groups is 2. The van der Waals surface area contributed by atoms with E-state index in [1.54, 1.807) is 43.1 Å². The number of piperidine rings is 1. The lowest BCUT2D eigenvalue weighted by molar-refractivity contribution is -0.130. The summed E-state index contributed by atoms with van der Waals surface area (Å²) in [6.07, 6.45) is 3.04. The van der Waals surface area contributed by atoms with Crippen molar-refractivity contribution in [3.63, 3.8) is 0 Å². The number of methoxy groups -OCH3 is 1. The Labute approximate surface area is 170 Å². The molecule has 2 heterocycles. The molecule has 1 aliphatic rings. The number of aromatic nitrogens is 3. The minimum absolute atomic E-state index is 0.0321. The molecule has 156 valence electrons. The van der Waals surface area contributed by atoms with Crippen molar-refractivity contribution in [2.24, 2.45) is 7.05 Å². The highest BCUT2D eigenvalue weighted by Gasteiger charge is 2.24. The lowest BCUT2D eigenvalue weighted by Crippen LogP contribution is -2.40. The minimum atomic E-state index is -0.294. The molecule has 1 fully saturated rings. The van der Waals surface area contributed by atoms with Gasteiger partial charge in [0.05, 0.1) is 13.2 Å². The smallest absolute Gasteiger partial charge is 0.252 e. The van der Waals surface area contributed by atoms with Crippen LogP contribution in [0.1, 0.15) is 48.9 Å². The van der Waals surface area contributed by atoms with Crippen LogP contribution in [-0.4, -0.2) is 57.8 Å². The molecule has 0 spiro atoms. The molecule has 0 saturated carbocycles. The van der Waals surface area contributed by atoms with Crippen LogP contribution in [0.3, 0.4) is 0 Å². The van der Waals surface area contributed by atoms with Crippen molar-refractivity contribution in [1.29, 1.82) is 0 Å². The van der Waals surface area contributed by atoms with Gasteiger partial charge in [-0.2, -0.15) is 0 Å². The summed E-state index contributed by atoms with van der Waals surface area (Å²) in [7, 11) is 3.39. The van der Waals surface area contributed by atoms with Gasteiger partial charge in [-0.05, 0) is 25.1 Å². The lowest BCUT2D eigenvalue weighted by Gasteiger charge is -2.31. The van der Waals surface area contributed by atoms with Crippen molar-refractivity contribution >= 4 is 11.8 Å². The first-order valence-corrected chi connectivity index (χ1v) is 9.64. The molecule has 1 aliphatic heterocycles. The first-order valence-electron chi connectivity index (χ1n) is 9.64. The summed E-state index contributed by atoms with van der Waals surface area (Å²) >= 11 is 0. The first-order chi connectivity index (χ1) is 13.9. The Morgan fingerprint density at radius 2 is 1.97 bits per heavy atom. The minimum Gasteiger partial charge on any atom is -0.493 e. The second kappa shape index (κ2) is 8.93. The Morgan fingerprint density at radius 1 is 1.24 bits per heavy atom. The molecule has 29 heavy (non-hydrogen) atoms. The van der Waals surface area contributed by atoms with Gasteiger partial charge in [-0.1, -0.05) is 0 Å². The summed E-state index contributed by atoms with van der Waals surface area (Å²) < 4.78 is 13.3. The van der Waals surface area contributed by atoms with Crippen LogP contribution in [-0.2, 0) is 11.8 Å². The predicted molar refractivity (Wildman–Crippen MR) is 106 cm³/mol. The van der Waals surface area contributed by atoms with Crippen LogP contribution in [0.15, 0.2) is 24.5 Å². The largest absolute Gasteiger partial charge is 0.493 e. The molecule has 1 aromatic heterocycles. The van der Waals surface area contributed by atoms with Gasteiger partial charge in [0.25, 0.3) is 5.91 Å². The molecular weight excluding hydrogens is 374 g/mol. The monoisotopic (exact) mass is 401 g/mol. The highest BCUT2D eigenvalue weighted by Crippen LogP contribution is 2.31. The van der Waals surface area contributed by atoms with Crippen molar-refractivity contribution in [3.8, 4) is 11.5 Å². The van der Waals surface area contributed by atoms with Crippen molar-refractivity contribution in [3.05, 3.63) is 35.9 Å². The topological polar surface area (TPSA) is 98.6 Å². The zero-order valence-corrected chi connectivity index (χ0v) is 17.2. The maximum atomic E-state index is 12.7. The zero-order chi connectivity index (χ0) is 21.0. The third kappa shape index (κ3) is 4.85. The fraction of sp³-hybridized carbons (Fsp3) is 0.500. The number of hydrogen-bond acceptors (Lipinski definition) is 6. The van der Waals surface area contributed by atoms with Gasteiger partial charge in [-0.15, -0.1) is 10.2 Å². The van der Waals surface area contributed by atoms with E-state index >= 15 is 0 Å². The summed E-state index contributed by atoms with van der Waals surface area (Å²) in [5.41, 5.74) is 0.469. The third-order valence-corrected chi connectivity index (χ3v) is 5.09. The van der Waals surface area contributed by atoms with E-state index in [1.807, 2.05) is 18.9 Å². The summed E-state index contributed by atoms with van der Waals surface area (Å²) in [4.78, 5) is 26.0. The Kier molecular flexibility index (Phi) is 6.36. The van der Waals surface area contributed by atoms with E-state index in [9.17, 15) is 9.59 Å². The SMILES string of the molecule is COc1ccc(C(=O)NC(C)c2nncn2C)cc1OC1CCN(C(C)=O)CC1. The Bertz CT molecular complexity index is 874. The average molecular weight is 401 g/mol. The standard InChI is InChI=1S/C20H27N5O4/c1-13(19-23-21-12-24(19)3)22-20(27)15-5-6-17(28-4)18(11-15)29-16-7-9-25(10-8-16)14(2)26/h5-6,11-13,16H,7-10H2,1-4H3,(H,22,27). The molecule has 0 aliphatic carbocycles. The molecule has 0 bridgehead atoms. The quantitative estimate of drug-likeness (QED) is 0.791. The van der Waals surface area contributed by atoms with E-state index < -0.39 is 0 Å². The van der Waals surface area contributed by atoms with E-state index in [1.165, 1.54) is 0 Å². The third-order valence-electron chi connectivity index (χ3n) is 5.09. The number of ether oxygens (including phenoxy) is 2. The zero-order valence-electron chi connectivity index (χ0n) is 17.2. The van der Waals surface area contributed by atoms with Crippen LogP contribution in [0, 0.1) is 0 Å². The molecule has 1 saturated heterocycles. The molecule has 1 unspecified atom stereocenters. The van der Waals surface area contributed by atoms with Crippen LogP contribution in [0.4, 0.5) is 0 Å². The van der Waals surface area contributed by atoms with Crippen molar-refractivity contribution in [2.45, 2.75) is 38.8 Å². The maximum Gasteiger partial charge on any atom is 0.252 e. The molecule has 9 heteroatoms. The van der Waals surface area contributed by atoms with Crippen LogP contribution in [0.2, 0.25) is 0 Å². The molecule has 2 aromatic rings. The van der Waals surface area contributed by atoms with Gasteiger partial charge in [0, 0.05) is 45.5 Å². The van der Waals surface area contributed by atoms with E-state index in [0.29, 0.717) is 36.0 Å². The highest BCUT2D eigenvalue weighted by molar-refractivity contribution is 5.95. The summed E-state index contributed by atoms with van der Waals surface area (Å²) in [6.45, 7) is 4.76. The maximum absolute atomic E-state index is 12.7. The molecular formula is C20H27N5O4. The Hall–Kier alpha value is -3.10. The Balaban J connectivity index is 1.69. The van der Waals surface area contributed by atoms with E-state index in [4.69, 9.17) is 9.47 Å². The molecule has 0 radical (unpaired) electrons. The van der Waals surface area contributed by atoms with Crippen LogP contribution in [0.25, 0.3) is 0 Å². The number of nitrogens with one attached hydrogen (secondary N) is 1. The summed E-state index contributed by atoms with van der Waals surface area (Å²) in [6, 6.07) is 4.82. The number of nitrogens with zero attached hydrogens (tertiary/aromatic N) is 4. The summed E-state index contributed by atoms with van der Waals surface area (Å²) in [5.74, 6) is 1.60. The number of likely N-dealkylation sites (tertiary alicyclic amines) is 1. The fourth-order valence-corrected chi connectivity index (χ4v) is 3.41. The average Bonchev–Trinajstić information content (AvgIpc) is 3.14. The van der Waals surface area contributed by atoms with Gasteiger partial charge < -0.3 is 24.3 Å². The molecule has 3 rings (SSSR count). The van der Waals surface area contributed by atoms with E-state index in [2.05, 4.69) is 15.5 Å². The van der Waals surface area contributed by atoms with Crippen molar-refractivity contribution < 1.29 is 19.1 Å². The predicted octanol–water partition coefficient (Wildman–Crippen LogP) is 1.70. The number of benzene rings is 1. The van der Waals surface area contributed by atoms with Crippen molar-refractivity contribution in [2.75, 3.05) is 20.2 Å². The van der Waals surface area contributed by atoms with Gasteiger partial charge in [-0.25, -0.2) is 0 Å². The summed E-state index contributed by atoms with van der Waals surface area (Å²) in [5, 5.41) is 10.8. The highest BCUT2D eigenvalue weighted by atomic mass is 16.5. The van der Waals surface area contributed by atoms with E-state index in [0.717, 1.165) is 12.8 Å². The number of rotatable bonds is 6. The number of amides is 2. The van der Waals surface area contributed by atoms with Gasteiger partial charge in [-0.3, -0.25) is 9.59 Å². The molecule has 2 amide bonds. The van der Waals surface area contributed by atoms with Crippen LogP contribution >= 0.6 is 0 Å². The lowest BCUT2D eigenvalue weighted by atomic mass is 10.1. The second-order valence-electron chi connectivity index (χ2n) is 7.18.